The van der Waals surface area contributed by atoms with Crippen molar-refractivity contribution in [1.29, 1.82) is 0 Å². The molecule has 110 valence electrons. The van der Waals surface area contributed by atoms with Crippen molar-refractivity contribution in [3.8, 4) is 5.88 Å². The van der Waals surface area contributed by atoms with E-state index in [4.69, 9.17) is 10.5 Å². The number of aliphatic imine (C=N–C) groups is 1. The number of anilines is 1. The van der Waals surface area contributed by atoms with Crippen LogP contribution in [0.4, 0.5) is 5.69 Å². The van der Waals surface area contributed by atoms with Gasteiger partial charge in [-0.05, 0) is 30.0 Å². The lowest BCUT2D eigenvalue weighted by Crippen LogP contribution is -2.22. The number of thioether (sulfide) groups is 1. The Bertz CT molecular complexity index is 596. The van der Waals surface area contributed by atoms with Crippen LogP contribution in [0.5, 0.6) is 5.88 Å². The van der Waals surface area contributed by atoms with Gasteiger partial charge in [0.1, 0.15) is 0 Å². The molecule has 6 heteroatoms. The number of pyridine rings is 1. The van der Waals surface area contributed by atoms with Gasteiger partial charge in [-0.1, -0.05) is 12.1 Å². The molecule has 0 saturated carbocycles. The predicted octanol–water partition coefficient (Wildman–Crippen LogP) is 2.74. The van der Waals surface area contributed by atoms with Gasteiger partial charge in [0.05, 0.1) is 25.5 Å². The van der Waals surface area contributed by atoms with Crippen LogP contribution in [-0.2, 0) is 6.54 Å². The zero-order valence-electron chi connectivity index (χ0n) is 12.0. The van der Waals surface area contributed by atoms with Gasteiger partial charge in [0.2, 0.25) is 5.88 Å². The molecular formula is C15H18N4OS. The van der Waals surface area contributed by atoms with Crippen LogP contribution in [0, 0.1) is 0 Å². The lowest BCUT2D eigenvalue weighted by molar-refractivity contribution is 0.398. The van der Waals surface area contributed by atoms with Crippen LogP contribution in [0.15, 0.2) is 52.5 Å². The van der Waals surface area contributed by atoms with Crippen LogP contribution < -0.4 is 15.8 Å². The average molecular weight is 302 g/mol. The number of aromatic nitrogens is 1. The van der Waals surface area contributed by atoms with Crippen molar-refractivity contribution in [2.75, 3.05) is 18.7 Å². The van der Waals surface area contributed by atoms with Crippen LogP contribution in [0.25, 0.3) is 0 Å². The Morgan fingerprint density at radius 3 is 2.62 bits per heavy atom. The highest BCUT2D eigenvalue weighted by molar-refractivity contribution is 7.98. The molecule has 0 radical (unpaired) electrons. The van der Waals surface area contributed by atoms with Crippen LogP contribution in [0.2, 0.25) is 0 Å². The summed E-state index contributed by atoms with van der Waals surface area (Å²) in [4.78, 5) is 9.63. The standard InChI is InChI=1S/C15H18N4OS/c1-20-14-8-5-12(10-17-14)19-15(16)18-9-11-3-6-13(21-2)7-4-11/h3-8,10H,9H2,1-2H3,(H3,16,18,19). The Balaban J connectivity index is 1.93. The van der Waals surface area contributed by atoms with Crippen molar-refractivity contribution in [1.82, 2.24) is 4.98 Å². The summed E-state index contributed by atoms with van der Waals surface area (Å²) >= 11 is 1.72. The van der Waals surface area contributed by atoms with Crippen molar-refractivity contribution in [3.05, 3.63) is 48.2 Å². The number of guanidine groups is 1. The molecule has 2 rings (SSSR count). The second-order valence-corrected chi connectivity index (χ2v) is 5.14. The maximum Gasteiger partial charge on any atom is 0.213 e. The molecule has 0 aliphatic rings. The van der Waals surface area contributed by atoms with Crippen LogP contribution in [-0.4, -0.2) is 24.3 Å². The molecule has 5 nitrogen and oxygen atoms in total. The fraction of sp³-hybridized carbons (Fsp3) is 0.200. The second kappa shape index (κ2) is 7.54. The SMILES string of the molecule is COc1ccc(NC(N)=NCc2ccc(SC)cc2)cn1. The Morgan fingerprint density at radius 2 is 2.05 bits per heavy atom. The quantitative estimate of drug-likeness (QED) is 0.505. The first-order chi connectivity index (χ1) is 10.2. The van der Waals surface area contributed by atoms with E-state index in [9.17, 15) is 0 Å². The van der Waals surface area contributed by atoms with Gasteiger partial charge >= 0.3 is 0 Å². The van der Waals surface area contributed by atoms with E-state index >= 15 is 0 Å². The molecule has 0 unspecified atom stereocenters. The summed E-state index contributed by atoms with van der Waals surface area (Å²) in [5, 5.41) is 2.99. The van der Waals surface area contributed by atoms with Gasteiger partial charge in [0.15, 0.2) is 5.96 Å². The average Bonchev–Trinajstić information content (AvgIpc) is 2.54. The van der Waals surface area contributed by atoms with E-state index in [-0.39, 0.29) is 0 Å². The fourth-order valence-electron chi connectivity index (χ4n) is 1.67. The molecule has 3 N–H and O–H groups in total. The third-order valence-electron chi connectivity index (χ3n) is 2.81. The Morgan fingerprint density at radius 1 is 1.29 bits per heavy atom. The molecule has 1 aromatic heterocycles. The molecular weight excluding hydrogens is 284 g/mol. The van der Waals surface area contributed by atoms with E-state index in [1.54, 1.807) is 31.1 Å². The van der Waals surface area contributed by atoms with E-state index in [0.717, 1.165) is 11.3 Å². The molecule has 0 aliphatic carbocycles. The van der Waals surface area contributed by atoms with E-state index in [0.29, 0.717) is 18.4 Å². The lowest BCUT2D eigenvalue weighted by atomic mass is 10.2. The first-order valence-corrected chi connectivity index (χ1v) is 7.63. The summed E-state index contributed by atoms with van der Waals surface area (Å²) in [6, 6.07) is 11.9. The topological polar surface area (TPSA) is 72.5 Å². The molecule has 2 aromatic rings. The fourth-order valence-corrected chi connectivity index (χ4v) is 2.08. The minimum absolute atomic E-state index is 0.357. The van der Waals surface area contributed by atoms with Crippen LogP contribution in [0.3, 0.4) is 0 Å². The van der Waals surface area contributed by atoms with Gasteiger partial charge < -0.3 is 15.8 Å². The molecule has 0 amide bonds. The van der Waals surface area contributed by atoms with Crippen LogP contribution >= 0.6 is 11.8 Å². The Kier molecular flexibility index (Phi) is 5.45. The van der Waals surface area contributed by atoms with E-state index in [1.807, 2.05) is 6.07 Å². The molecule has 0 bridgehead atoms. The number of hydrogen-bond acceptors (Lipinski definition) is 4. The molecule has 1 heterocycles. The number of nitrogens with zero attached hydrogens (tertiary/aromatic N) is 2. The zero-order chi connectivity index (χ0) is 15.1. The summed E-state index contributed by atoms with van der Waals surface area (Å²) in [6.45, 7) is 0.539. The summed E-state index contributed by atoms with van der Waals surface area (Å²) < 4.78 is 5.00. The largest absolute Gasteiger partial charge is 0.481 e. The van der Waals surface area contributed by atoms with Crippen molar-refractivity contribution >= 4 is 23.4 Å². The molecule has 0 spiro atoms. The molecule has 0 fully saturated rings. The number of hydrogen-bond donors (Lipinski definition) is 2. The number of benzene rings is 1. The minimum Gasteiger partial charge on any atom is -0.481 e. The summed E-state index contributed by atoms with van der Waals surface area (Å²) in [5.41, 5.74) is 7.74. The summed E-state index contributed by atoms with van der Waals surface area (Å²) in [6.07, 6.45) is 3.70. The number of ether oxygens (including phenoxy) is 1. The van der Waals surface area contributed by atoms with Crippen molar-refractivity contribution in [2.45, 2.75) is 11.4 Å². The van der Waals surface area contributed by atoms with Gasteiger partial charge in [-0.2, -0.15) is 0 Å². The van der Waals surface area contributed by atoms with Gasteiger partial charge in [-0.3, -0.25) is 0 Å². The first kappa shape index (κ1) is 15.2. The maximum absolute atomic E-state index is 5.86. The summed E-state index contributed by atoms with van der Waals surface area (Å²) in [7, 11) is 1.58. The van der Waals surface area contributed by atoms with Gasteiger partial charge in [-0.25, -0.2) is 9.98 Å². The molecule has 1 aromatic carbocycles. The second-order valence-electron chi connectivity index (χ2n) is 4.26. The minimum atomic E-state index is 0.357. The third-order valence-corrected chi connectivity index (χ3v) is 3.55. The van der Waals surface area contributed by atoms with Crippen molar-refractivity contribution in [2.24, 2.45) is 10.7 Å². The first-order valence-electron chi connectivity index (χ1n) is 6.41. The van der Waals surface area contributed by atoms with E-state index < -0.39 is 0 Å². The van der Waals surface area contributed by atoms with Gasteiger partial charge in [-0.15, -0.1) is 11.8 Å². The maximum atomic E-state index is 5.86. The molecule has 0 saturated heterocycles. The monoisotopic (exact) mass is 302 g/mol. The molecule has 21 heavy (non-hydrogen) atoms. The van der Waals surface area contributed by atoms with E-state index in [2.05, 4.69) is 45.8 Å². The highest BCUT2D eigenvalue weighted by atomic mass is 32.2. The van der Waals surface area contributed by atoms with Crippen molar-refractivity contribution in [3.63, 3.8) is 0 Å². The number of nitrogens with one attached hydrogen (secondary N) is 1. The summed E-state index contributed by atoms with van der Waals surface area (Å²) in [5.74, 6) is 0.917. The number of methoxy groups -OCH3 is 1. The number of nitrogens with two attached hydrogens (primary N) is 1. The predicted molar refractivity (Wildman–Crippen MR) is 88.0 cm³/mol. The normalized spacial score (nSPS) is 11.2. The number of rotatable bonds is 5. The van der Waals surface area contributed by atoms with Crippen LogP contribution in [0.1, 0.15) is 5.56 Å². The molecule has 0 aliphatic heterocycles. The molecule has 0 atom stereocenters. The van der Waals surface area contributed by atoms with Gasteiger partial charge in [0.25, 0.3) is 0 Å². The highest BCUT2D eigenvalue weighted by Crippen LogP contribution is 2.15. The highest BCUT2D eigenvalue weighted by Gasteiger charge is 1.98. The zero-order valence-corrected chi connectivity index (χ0v) is 12.9. The Labute approximate surface area is 128 Å². The van der Waals surface area contributed by atoms with Gasteiger partial charge in [0, 0.05) is 11.0 Å². The smallest absolute Gasteiger partial charge is 0.213 e. The van der Waals surface area contributed by atoms with Crippen molar-refractivity contribution < 1.29 is 4.74 Å². The van der Waals surface area contributed by atoms with E-state index in [1.165, 1.54) is 4.90 Å². The lowest BCUT2D eigenvalue weighted by Gasteiger charge is -2.06. The Hall–Kier alpha value is -2.21. The third kappa shape index (κ3) is 4.68.